The van der Waals surface area contributed by atoms with E-state index >= 15 is 0 Å². The summed E-state index contributed by atoms with van der Waals surface area (Å²) >= 11 is 0. The van der Waals surface area contributed by atoms with Gasteiger partial charge in [-0.1, -0.05) is 46.5 Å². The Morgan fingerprint density at radius 2 is 1.67 bits per heavy atom. The molecule has 138 valence electrons. The first-order valence-corrected chi connectivity index (χ1v) is 9.67. The zero-order valence-electron chi connectivity index (χ0n) is 16.1. The molecule has 4 heteroatoms. The summed E-state index contributed by atoms with van der Waals surface area (Å²) < 4.78 is 11.4. The van der Waals surface area contributed by atoms with Crippen molar-refractivity contribution in [2.45, 2.75) is 79.1 Å². The molecule has 1 aromatic heterocycles. The van der Waals surface area contributed by atoms with E-state index in [0.29, 0.717) is 18.4 Å². The average molecular weight is 337 g/mol. The molecule has 0 radical (unpaired) electrons. The van der Waals surface area contributed by atoms with E-state index < -0.39 is 0 Å². The second-order valence-corrected chi connectivity index (χ2v) is 6.95. The first-order chi connectivity index (χ1) is 11.6. The molecule has 0 aliphatic rings. The fraction of sp³-hybridized carbons (Fsp3) is 0.800. The molecule has 0 aromatic carbocycles. The highest BCUT2D eigenvalue weighted by atomic mass is 16.5. The van der Waals surface area contributed by atoms with Crippen LogP contribution in [0.15, 0.2) is 6.07 Å². The van der Waals surface area contributed by atoms with Crippen LogP contribution in [0.3, 0.4) is 0 Å². The van der Waals surface area contributed by atoms with Gasteiger partial charge in [-0.05, 0) is 32.1 Å². The number of hydrogen-bond acceptors (Lipinski definition) is 4. The summed E-state index contributed by atoms with van der Waals surface area (Å²) in [5, 5.41) is 0. The van der Waals surface area contributed by atoms with E-state index in [0.717, 1.165) is 50.4 Å². The Bertz CT molecular complexity index is 436. The maximum Gasteiger partial charge on any atom is 0.216 e. The van der Waals surface area contributed by atoms with Crippen molar-refractivity contribution in [1.82, 2.24) is 9.97 Å². The van der Waals surface area contributed by atoms with E-state index in [1.54, 1.807) is 0 Å². The van der Waals surface area contributed by atoms with Crippen molar-refractivity contribution >= 4 is 0 Å². The second kappa shape index (κ2) is 13.2. The van der Waals surface area contributed by atoms with Gasteiger partial charge < -0.3 is 9.47 Å². The van der Waals surface area contributed by atoms with Crippen molar-refractivity contribution in [2.24, 2.45) is 5.92 Å². The quantitative estimate of drug-likeness (QED) is 0.442. The van der Waals surface area contributed by atoms with Crippen LogP contribution in [0.2, 0.25) is 0 Å². The summed E-state index contributed by atoms with van der Waals surface area (Å²) in [6, 6.07) is 1.91. The minimum atomic E-state index is 0.505. The van der Waals surface area contributed by atoms with E-state index in [2.05, 4.69) is 30.7 Å². The lowest BCUT2D eigenvalue weighted by atomic mass is 10.2. The molecule has 0 bridgehead atoms. The number of rotatable bonds is 14. The first-order valence-electron chi connectivity index (χ1n) is 9.67. The van der Waals surface area contributed by atoms with Gasteiger partial charge in [0.25, 0.3) is 0 Å². The van der Waals surface area contributed by atoms with Crippen LogP contribution in [0.5, 0.6) is 5.88 Å². The summed E-state index contributed by atoms with van der Waals surface area (Å²) in [6.45, 7) is 11.0. The number of aromatic nitrogens is 2. The lowest BCUT2D eigenvalue weighted by molar-refractivity contribution is 0.126. The number of unbranched alkanes of at least 4 members (excludes halogenated alkanes) is 5. The van der Waals surface area contributed by atoms with Crippen molar-refractivity contribution in [3.63, 3.8) is 0 Å². The van der Waals surface area contributed by atoms with Gasteiger partial charge in [-0.25, -0.2) is 4.98 Å². The molecule has 0 spiro atoms. The first kappa shape index (κ1) is 20.9. The van der Waals surface area contributed by atoms with E-state index in [9.17, 15) is 0 Å². The van der Waals surface area contributed by atoms with Crippen LogP contribution < -0.4 is 4.74 Å². The molecule has 1 rings (SSSR count). The Morgan fingerprint density at radius 1 is 0.958 bits per heavy atom. The molecule has 0 N–H and O–H groups in total. The van der Waals surface area contributed by atoms with Gasteiger partial charge in [0, 0.05) is 31.4 Å². The predicted octanol–water partition coefficient (Wildman–Crippen LogP) is 5.13. The molecule has 0 amide bonds. The fourth-order valence-electron chi connectivity index (χ4n) is 2.43. The van der Waals surface area contributed by atoms with Crippen molar-refractivity contribution in [2.75, 3.05) is 19.8 Å². The van der Waals surface area contributed by atoms with Gasteiger partial charge in [-0.3, -0.25) is 0 Å². The van der Waals surface area contributed by atoms with E-state index in [4.69, 9.17) is 9.47 Å². The summed E-state index contributed by atoms with van der Waals surface area (Å²) in [7, 11) is 0. The van der Waals surface area contributed by atoms with Crippen LogP contribution in [-0.4, -0.2) is 29.8 Å². The molecular formula is C20H36N2O2. The summed E-state index contributed by atoms with van der Waals surface area (Å²) in [4.78, 5) is 9.03. The Kier molecular flexibility index (Phi) is 11.5. The third-order valence-corrected chi connectivity index (χ3v) is 3.77. The molecule has 1 aromatic rings. The second-order valence-electron chi connectivity index (χ2n) is 6.95. The molecule has 0 atom stereocenters. The van der Waals surface area contributed by atoms with Crippen LogP contribution in [0.1, 0.15) is 77.2 Å². The maximum atomic E-state index is 5.72. The van der Waals surface area contributed by atoms with Crippen LogP contribution in [0.4, 0.5) is 0 Å². The maximum absolute atomic E-state index is 5.72. The van der Waals surface area contributed by atoms with E-state index in [1.165, 1.54) is 25.7 Å². The Balaban J connectivity index is 2.14. The number of hydrogen-bond donors (Lipinski definition) is 0. The Labute approximate surface area is 148 Å². The van der Waals surface area contributed by atoms with Crippen molar-refractivity contribution in [3.05, 3.63) is 17.6 Å². The van der Waals surface area contributed by atoms with Gasteiger partial charge >= 0.3 is 0 Å². The van der Waals surface area contributed by atoms with Crippen LogP contribution in [0, 0.1) is 12.8 Å². The minimum Gasteiger partial charge on any atom is -0.477 e. The SMILES string of the molecule is CCCCCCOCCCCCc1nc(C)cc(OCC(C)C)n1. The number of ether oxygens (including phenoxy) is 2. The van der Waals surface area contributed by atoms with Gasteiger partial charge in [0.05, 0.1) is 6.61 Å². The molecule has 4 nitrogen and oxygen atoms in total. The fourth-order valence-corrected chi connectivity index (χ4v) is 2.43. The van der Waals surface area contributed by atoms with Crippen molar-refractivity contribution in [3.8, 4) is 5.88 Å². The third-order valence-electron chi connectivity index (χ3n) is 3.77. The monoisotopic (exact) mass is 336 g/mol. The smallest absolute Gasteiger partial charge is 0.216 e. The highest BCUT2D eigenvalue weighted by Crippen LogP contribution is 2.12. The summed E-state index contributed by atoms with van der Waals surface area (Å²) in [6.07, 6.45) is 9.40. The van der Waals surface area contributed by atoms with Crippen LogP contribution in [-0.2, 0) is 11.2 Å². The van der Waals surface area contributed by atoms with Crippen LogP contribution in [0.25, 0.3) is 0 Å². The van der Waals surface area contributed by atoms with Gasteiger partial charge in [0.15, 0.2) is 0 Å². The lowest BCUT2D eigenvalue weighted by Crippen LogP contribution is -2.08. The molecule has 0 saturated heterocycles. The standard InChI is InChI=1S/C20H36N2O2/c1-5-6-7-10-13-23-14-11-8-9-12-19-21-18(4)15-20(22-19)24-16-17(2)3/h15,17H,5-14,16H2,1-4H3. The van der Waals surface area contributed by atoms with Crippen LogP contribution >= 0.6 is 0 Å². The molecule has 0 aliphatic heterocycles. The zero-order valence-corrected chi connectivity index (χ0v) is 16.1. The van der Waals surface area contributed by atoms with Gasteiger partial charge in [-0.2, -0.15) is 4.98 Å². The molecule has 24 heavy (non-hydrogen) atoms. The largest absolute Gasteiger partial charge is 0.477 e. The lowest BCUT2D eigenvalue weighted by Gasteiger charge is -2.10. The van der Waals surface area contributed by atoms with Gasteiger partial charge in [0.1, 0.15) is 5.82 Å². The molecule has 0 aliphatic carbocycles. The Hall–Kier alpha value is -1.16. The van der Waals surface area contributed by atoms with Gasteiger partial charge in [0.2, 0.25) is 5.88 Å². The normalized spacial score (nSPS) is 11.2. The van der Waals surface area contributed by atoms with Crippen molar-refractivity contribution in [1.29, 1.82) is 0 Å². The highest BCUT2D eigenvalue weighted by Gasteiger charge is 2.04. The minimum absolute atomic E-state index is 0.505. The van der Waals surface area contributed by atoms with Crippen molar-refractivity contribution < 1.29 is 9.47 Å². The Morgan fingerprint density at radius 3 is 2.33 bits per heavy atom. The summed E-state index contributed by atoms with van der Waals surface area (Å²) in [5.74, 6) is 2.11. The van der Waals surface area contributed by atoms with E-state index in [-0.39, 0.29) is 0 Å². The van der Waals surface area contributed by atoms with E-state index in [1.807, 2.05) is 13.0 Å². The topological polar surface area (TPSA) is 44.2 Å². The highest BCUT2D eigenvalue weighted by molar-refractivity contribution is 5.15. The zero-order chi connectivity index (χ0) is 17.6. The summed E-state index contributed by atoms with van der Waals surface area (Å²) in [5.41, 5.74) is 0.981. The molecule has 1 heterocycles. The van der Waals surface area contributed by atoms with Gasteiger partial charge in [-0.15, -0.1) is 0 Å². The molecule has 0 saturated carbocycles. The molecule has 0 fully saturated rings. The number of aryl methyl sites for hydroxylation is 2. The predicted molar refractivity (Wildman–Crippen MR) is 99.6 cm³/mol. The number of nitrogens with zero attached hydrogens (tertiary/aromatic N) is 2. The average Bonchev–Trinajstić information content (AvgIpc) is 2.54. The third kappa shape index (κ3) is 10.6. The molecular weight excluding hydrogens is 300 g/mol. The molecule has 0 unspecified atom stereocenters.